The third-order valence-electron chi connectivity index (χ3n) is 5.25. The summed E-state index contributed by atoms with van der Waals surface area (Å²) in [6.45, 7) is 0. The molecule has 8 nitrogen and oxygen atoms in total. The number of anilines is 2. The van der Waals surface area contributed by atoms with E-state index < -0.39 is 12.1 Å². The van der Waals surface area contributed by atoms with Crippen molar-refractivity contribution in [3.05, 3.63) is 58.7 Å². The van der Waals surface area contributed by atoms with Crippen molar-refractivity contribution in [1.29, 1.82) is 0 Å². The number of rotatable bonds is 4. The Labute approximate surface area is 201 Å². The van der Waals surface area contributed by atoms with Crippen molar-refractivity contribution in [2.24, 2.45) is 5.73 Å². The molecule has 2 aromatic heterocycles. The van der Waals surface area contributed by atoms with Crippen LogP contribution in [0.15, 0.2) is 53.0 Å². The van der Waals surface area contributed by atoms with E-state index in [2.05, 4.69) is 31.7 Å². The maximum Gasteiger partial charge on any atom is 0.490 e. The van der Waals surface area contributed by atoms with E-state index in [1.165, 1.54) is 12.8 Å². The number of nitrogens with one attached hydrogen (secondary N) is 2. The maximum absolute atomic E-state index is 12.8. The van der Waals surface area contributed by atoms with Gasteiger partial charge in [-0.2, -0.15) is 13.2 Å². The number of hydrogen-bond acceptors (Lipinski definition) is 5. The second-order valence-corrected chi connectivity index (χ2v) is 8.56. The van der Waals surface area contributed by atoms with Gasteiger partial charge < -0.3 is 21.5 Å². The first-order chi connectivity index (χ1) is 16.1. The number of carbonyl (C=O) groups excluding carboxylic acids is 1. The Balaban J connectivity index is 0.000000406. The van der Waals surface area contributed by atoms with Crippen LogP contribution < -0.4 is 16.4 Å². The molecule has 0 aliphatic heterocycles. The standard InChI is InChI=1S/C20H22BrN5O.C2HF3O2/c21-14-5-1-3-7-16(14)24-20(27)18-11-9-13-10-12-19(25-26(13)18)23-17-8-4-2-6-15(17)22;3-2(4,5)1(6)7/h1,3,5,7,9-12,15,17H,2,4,6,8,22H2,(H,23,25)(H,24,27);(H,6,7)/t15-,17+;/m0./s1. The van der Waals surface area contributed by atoms with E-state index >= 15 is 0 Å². The molecule has 1 aromatic carbocycles. The molecule has 0 saturated heterocycles. The molecule has 1 aliphatic carbocycles. The van der Waals surface area contributed by atoms with E-state index in [0.717, 1.165) is 34.3 Å². The first-order valence-corrected chi connectivity index (χ1v) is 11.2. The first-order valence-electron chi connectivity index (χ1n) is 10.4. The minimum Gasteiger partial charge on any atom is -0.475 e. The highest BCUT2D eigenvalue weighted by atomic mass is 79.9. The highest BCUT2D eigenvalue weighted by Gasteiger charge is 2.38. The number of aromatic nitrogens is 2. The molecule has 4 rings (SSSR count). The first kappa shape index (κ1) is 25.5. The molecule has 0 unspecified atom stereocenters. The highest BCUT2D eigenvalue weighted by Crippen LogP contribution is 2.23. The zero-order valence-electron chi connectivity index (χ0n) is 17.8. The molecule has 1 saturated carbocycles. The molecule has 0 radical (unpaired) electrons. The summed E-state index contributed by atoms with van der Waals surface area (Å²) >= 11 is 3.45. The van der Waals surface area contributed by atoms with Crippen molar-refractivity contribution >= 4 is 44.8 Å². The van der Waals surface area contributed by atoms with Crippen molar-refractivity contribution in [2.45, 2.75) is 43.9 Å². The lowest BCUT2D eigenvalue weighted by Crippen LogP contribution is -2.42. The van der Waals surface area contributed by atoms with Gasteiger partial charge in [0.1, 0.15) is 11.5 Å². The van der Waals surface area contributed by atoms with Crippen LogP contribution >= 0.6 is 15.9 Å². The van der Waals surface area contributed by atoms with Crippen molar-refractivity contribution in [3.8, 4) is 0 Å². The van der Waals surface area contributed by atoms with Gasteiger partial charge in [-0.3, -0.25) is 4.79 Å². The van der Waals surface area contributed by atoms with E-state index in [4.69, 9.17) is 15.6 Å². The normalized spacial score (nSPS) is 18.0. The molecule has 34 heavy (non-hydrogen) atoms. The third-order valence-corrected chi connectivity index (χ3v) is 5.95. The second kappa shape index (κ2) is 10.9. The van der Waals surface area contributed by atoms with Crippen molar-refractivity contribution < 1.29 is 27.9 Å². The van der Waals surface area contributed by atoms with Gasteiger partial charge in [-0.1, -0.05) is 25.0 Å². The van der Waals surface area contributed by atoms with Gasteiger partial charge in [0.05, 0.1) is 11.2 Å². The van der Waals surface area contributed by atoms with E-state index in [1.54, 1.807) is 10.6 Å². The monoisotopic (exact) mass is 541 g/mol. The molecule has 1 amide bonds. The number of nitrogens with zero attached hydrogens (tertiary/aromatic N) is 2. The van der Waals surface area contributed by atoms with Gasteiger partial charge in [0.2, 0.25) is 0 Å². The number of nitrogens with two attached hydrogens (primary N) is 1. The van der Waals surface area contributed by atoms with Crippen LogP contribution in [-0.2, 0) is 4.79 Å². The number of hydrogen-bond donors (Lipinski definition) is 4. The van der Waals surface area contributed by atoms with Crippen molar-refractivity contribution in [2.75, 3.05) is 10.6 Å². The predicted octanol–water partition coefficient (Wildman–Crippen LogP) is 4.66. The summed E-state index contributed by atoms with van der Waals surface area (Å²) in [7, 11) is 0. The molecule has 2 heterocycles. The number of carboxylic acid groups (broad SMARTS) is 1. The lowest BCUT2D eigenvalue weighted by molar-refractivity contribution is -0.192. The Kier molecular flexibility index (Phi) is 8.15. The van der Waals surface area contributed by atoms with Gasteiger partial charge in [-0.15, -0.1) is 5.10 Å². The van der Waals surface area contributed by atoms with Crippen LogP contribution in [0.2, 0.25) is 0 Å². The molecule has 182 valence electrons. The Morgan fingerprint density at radius 1 is 1.09 bits per heavy atom. The molecule has 5 N–H and O–H groups in total. The van der Waals surface area contributed by atoms with Gasteiger partial charge in [0.25, 0.3) is 5.91 Å². The second-order valence-electron chi connectivity index (χ2n) is 7.71. The maximum atomic E-state index is 12.8. The summed E-state index contributed by atoms with van der Waals surface area (Å²) in [6.07, 6.45) is -0.648. The van der Waals surface area contributed by atoms with Gasteiger partial charge in [-0.05, 0) is 65.2 Å². The zero-order valence-corrected chi connectivity index (χ0v) is 19.4. The minimum atomic E-state index is -5.08. The van der Waals surface area contributed by atoms with Crippen LogP contribution in [0.1, 0.15) is 36.2 Å². The summed E-state index contributed by atoms with van der Waals surface area (Å²) in [5.74, 6) is -2.23. The smallest absolute Gasteiger partial charge is 0.475 e. The number of carboxylic acids is 1. The number of benzene rings is 1. The van der Waals surface area contributed by atoms with Gasteiger partial charge in [0.15, 0.2) is 0 Å². The lowest BCUT2D eigenvalue weighted by atomic mass is 9.91. The topological polar surface area (TPSA) is 122 Å². The van der Waals surface area contributed by atoms with E-state index in [-0.39, 0.29) is 18.0 Å². The largest absolute Gasteiger partial charge is 0.490 e. The fourth-order valence-electron chi connectivity index (χ4n) is 3.51. The number of aliphatic carboxylic acids is 1. The Morgan fingerprint density at radius 2 is 1.74 bits per heavy atom. The Bertz CT molecular complexity index is 1170. The Hall–Kier alpha value is -3.12. The number of para-hydroxylation sites is 1. The van der Waals surface area contributed by atoms with E-state index in [1.807, 2.05) is 42.5 Å². The van der Waals surface area contributed by atoms with Crippen molar-refractivity contribution in [3.63, 3.8) is 0 Å². The summed E-state index contributed by atoms with van der Waals surface area (Å²) in [5.41, 5.74) is 8.30. The summed E-state index contributed by atoms with van der Waals surface area (Å²) < 4.78 is 34.2. The summed E-state index contributed by atoms with van der Waals surface area (Å²) in [4.78, 5) is 21.7. The van der Waals surface area contributed by atoms with Crippen LogP contribution in [0.25, 0.3) is 5.52 Å². The van der Waals surface area contributed by atoms with Gasteiger partial charge in [0, 0.05) is 16.6 Å². The van der Waals surface area contributed by atoms with Crippen LogP contribution in [0.4, 0.5) is 24.7 Å². The minimum absolute atomic E-state index is 0.138. The average molecular weight is 542 g/mol. The highest BCUT2D eigenvalue weighted by molar-refractivity contribution is 9.10. The number of amides is 1. The quantitative estimate of drug-likeness (QED) is 0.381. The van der Waals surface area contributed by atoms with Gasteiger partial charge in [-0.25, -0.2) is 9.31 Å². The molecule has 3 aromatic rings. The van der Waals surface area contributed by atoms with Crippen LogP contribution in [0.3, 0.4) is 0 Å². The van der Waals surface area contributed by atoms with Crippen LogP contribution in [0.5, 0.6) is 0 Å². The number of alkyl halides is 3. The van der Waals surface area contributed by atoms with Crippen molar-refractivity contribution in [1.82, 2.24) is 9.61 Å². The summed E-state index contributed by atoms with van der Waals surface area (Å²) in [5, 5.41) is 18.1. The zero-order chi connectivity index (χ0) is 24.9. The molecule has 0 bridgehead atoms. The fourth-order valence-corrected chi connectivity index (χ4v) is 3.90. The van der Waals surface area contributed by atoms with Crippen LogP contribution in [-0.4, -0.2) is 44.9 Å². The van der Waals surface area contributed by atoms with Gasteiger partial charge >= 0.3 is 12.1 Å². The average Bonchev–Trinajstić information content (AvgIpc) is 3.20. The SMILES string of the molecule is N[C@H]1CCCC[C@H]1Nc1ccc2ccc(C(=O)Nc3ccccc3Br)n2n1.O=C(O)C(F)(F)F. The van der Waals surface area contributed by atoms with E-state index in [0.29, 0.717) is 5.69 Å². The molecular formula is C22H23BrF3N5O3. The predicted molar refractivity (Wildman–Crippen MR) is 125 cm³/mol. The number of fused-ring (bicyclic) bond motifs is 1. The molecule has 2 atom stereocenters. The summed E-state index contributed by atoms with van der Waals surface area (Å²) in [6, 6.07) is 15.4. The molecular weight excluding hydrogens is 519 g/mol. The molecule has 0 spiro atoms. The number of halogens is 4. The molecule has 1 fully saturated rings. The fraction of sp³-hybridized carbons (Fsp3) is 0.318. The molecule has 12 heteroatoms. The molecule has 1 aliphatic rings. The lowest BCUT2D eigenvalue weighted by Gasteiger charge is -2.29. The third kappa shape index (κ3) is 6.48. The van der Waals surface area contributed by atoms with Crippen LogP contribution in [0, 0.1) is 0 Å². The number of carbonyl (C=O) groups is 2. The van der Waals surface area contributed by atoms with E-state index in [9.17, 15) is 18.0 Å². The Morgan fingerprint density at radius 3 is 2.38 bits per heavy atom.